The summed E-state index contributed by atoms with van der Waals surface area (Å²) in [5.41, 5.74) is 3.16. The van der Waals surface area contributed by atoms with E-state index in [1.54, 1.807) is 10.4 Å². The molecular formula is C17H25N3S. The third-order valence-electron chi connectivity index (χ3n) is 5.34. The Morgan fingerprint density at radius 3 is 3.10 bits per heavy atom. The van der Waals surface area contributed by atoms with Gasteiger partial charge in [0, 0.05) is 23.0 Å². The normalized spacial score (nSPS) is 28.8. The maximum Gasteiger partial charge on any atom is 0.133 e. The summed E-state index contributed by atoms with van der Waals surface area (Å²) < 4.78 is 0. The van der Waals surface area contributed by atoms with Crippen LogP contribution in [0.25, 0.3) is 0 Å². The van der Waals surface area contributed by atoms with E-state index in [-0.39, 0.29) is 6.17 Å². The molecule has 3 nitrogen and oxygen atoms in total. The molecule has 3 aliphatic rings. The van der Waals surface area contributed by atoms with Crippen molar-refractivity contribution in [3.8, 4) is 0 Å². The van der Waals surface area contributed by atoms with Crippen LogP contribution in [0.4, 0.5) is 5.00 Å². The van der Waals surface area contributed by atoms with E-state index in [0.29, 0.717) is 6.04 Å². The maximum atomic E-state index is 4.87. The predicted molar refractivity (Wildman–Crippen MR) is 90.5 cm³/mol. The lowest BCUT2D eigenvalue weighted by atomic mass is 9.92. The molecule has 1 saturated heterocycles. The standard InChI is InChI=1S/C17H25N3S/c1-2-12-7-5-6-10-20(12)16-15-13-8-3-4-9-14(13)21-17(15)19-11-18-16/h11-12,16H,2-10H2,1H3,(H,18,19)/t12-,16-/m0/s1. The molecule has 4 heteroatoms. The molecule has 0 saturated carbocycles. The van der Waals surface area contributed by atoms with E-state index in [1.165, 1.54) is 68.5 Å². The van der Waals surface area contributed by atoms with Crippen LogP contribution in [-0.2, 0) is 12.8 Å². The molecule has 0 spiro atoms. The fourth-order valence-corrected chi connectivity index (χ4v) is 5.52. The molecule has 2 aliphatic heterocycles. The van der Waals surface area contributed by atoms with E-state index in [1.807, 2.05) is 17.7 Å². The Bertz CT molecular complexity index is 548. The average Bonchev–Trinajstić information content (AvgIpc) is 2.93. The highest BCUT2D eigenvalue weighted by molar-refractivity contribution is 7.16. The van der Waals surface area contributed by atoms with E-state index in [9.17, 15) is 0 Å². The van der Waals surface area contributed by atoms with Gasteiger partial charge in [0.2, 0.25) is 0 Å². The van der Waals surface area contributed by atoms with E-state index >= 15 is 0 Å². The second kappa shape index (κ2) is 5.73. The summed E-state index contributed by atoms with van der Waals surface area (Å²) in [6.45, 7) is 3.54. The molecule has 1 aromatic rings. The molecule has 0 radical (unpaired) electrons. The molecule has 1 N–H and O–H groups in total. The zero-order valence-electron chi connectivity index (χ0n) is 12.9. The van der Waals surface area contributed by atoms with Gasteiger partial charge < -0.3 is 5.32 Å². The van der Waals surface area contributed by atoms with Crippen molar-refractivity contribution in [1.29, 1.82) is 0 Å². The summed E-state index contributed by atoms with van der Waals surface area (Å²) in [5.74, 6) is 0. The van der Waals surface area contributed by atoms with Gasteiger partial charge in [-0.15, -0.1) is 11.3 Å². The second-order valence-electron chi connectivity index (χ2n) is 6.55. The number of anilines is 1. The maximum absolute atomic E-state index is 4.87. The van der Waals surface area contributed by atoms with Gasteiger partial charge in [0.25, 0.3) is 0 Å². The molecule has 3 heterocycles. The lowest BCUT2D eigenvalue weighted by molar-refractivity contribution is 0.0951. The Morgan fingerprint density at radius 1 is 1.29 bits per heavy atom. The number of fused-ring (bicyclic) bond motifs is 3. The number of nitrogens with one attached hydrogen (secondary N) is 1. The lowest BCUT2D eigenvalue weighted by Gasteiger charge is -2.40. The molecule has 21 heavy (non-hydrogen) atoms. The van der Waals surface area contributed by atoms with Crippen molar-refractivity contribution in [2.45, 2.75) is 70.5 Å². The zero-order valence-corrected chi connectivity index (χ0v) is 13.7. The Kier molecular flexibility index (Phi) is 3.76. The first-order valence-corrected chi connectivity index (χ1v) is 9.38. The number of aryl methyl sites for hydroxylation is 1. The Hall–Kier alpha value is -0.870. The summed E-state index contributed by atoms with van der Waals surface area (Å²) in [5, 5.41) is 4.80. The average molecular weight is 303 g/mol. The minimum Gasteiger partial charge on any atom is -0.338 e. The lowest BCUT2D eigenvalue weighted by Crippen LogP contribution is -2.42. The van der Waals surface area contributed by atoms with Crippen molar-refractivity contribution in [1.82, 2.24) is 4.90 Å². The van der Waals surface area contributed by atoms with Crippen LogP contribution in [0, 0.1) is 0 Å². The van der Waals surface area contributed by atoms with Gasteiger partial charge in [0.15, 0.2) is 0 Å². The summed E-state index contributed by atoms with van der Waals surface area (Å²) in [6.07, 6.45) is 12.8. The Labute approximate surface area is 131 Å². The topological polar surface area (TPSA) is 27.6 Å². The molecule has 1 fully saturated rings. The minimum absolute atomic E-state index is 0.282. The van der Waals surface area contributed by atoms with Crippen LogP contribution >= 0.6 is 11.3 Å². The van der Waals surface area contributed by atoms with Gasteiger partial charge in [-0.25, -0.2) is 0 Å². The monoisotopic (exact) mass is 303 g/mol. The first-order valence-electron chi connectivity index (χ1n) is 8.57. The van der Waals surface area contributed by atoms with Gasteiger partial charge >= 0.3 is 0 Å². The molecular weight excluding hydrogens is 278 g/mol. The molecule has 114 valence electrons. The molecule has 1 aliphatic carbocycles. The van der Waals surface area contributed by atoms with Gasteiger partial charge in [0.05, 0.1) is 6.34 Å². The Morgan fingerprint density at radius 2 is 2.19 bits per heavy atom. The van der Waals surface area contributed by atoms with Crippen LogP contribution in [0.5, 0.6) is 0 Å². The van der Waals surface area contributed by atoms with Gasteiger partial charge in [-0.3, -0.25) is 9.89 Å². The SMILES string of the molecule is CC[C@H]1CCCCN1[C@@H]1N=CNc2sc3c(c21)CCCC3. The van der Waals surface area contributed by atoms with Crippen LogP contribution in [0.15, 0.2) is 4.99 Å². The predicted octanol–water partition coefficient (Wildman–Crippen LogP) is 4.34. The minimum atomic E-state index is 0.282. The molecule has 1 aromatic heterocycles. The van der Waals surface area contributed by atoms with Crippen molar-refractivity contribution in [3.63, 3.8) is 0 Å². The molecule has 4 rings (SSSR count). The van der Waals surface area contributed by atoms with Gasteiger partial charge in [0.1, 0.15) is 11.2 Å². The fourth-order valence-electron chi connectivity index (χ4n) is 4.25. The fraction of sp³-hybridized carbons (Fsp3) is 0.706. The third kappa shape index (κ3) is 2.33. The number of nitrogens with zero attached hydrogens (tertiary/aromatic N) is 2. The van der Waals surface area contributed by atoms with Crippen molar-refractivity contribution >= 4 is 22.7 Å². The molecule has 2 atom stereocenters. The first kappa shape index (κ1) is 13.8. The van der Waals surface area contributed by atoms with Crippen molar-refractivity contribution in [3.05, 3.63) is 16.0 Å². The zero-order chi connectivity index (χ0) is 14.2. The Balaban J connectivity index is 1.72. The number of likely N-dealkylation sites (tertiary alicyclic amines) is 1. The second-order valence-corrected chi connectivity index (χ2v) is 7.65. The molecule has 0 amide bonds. The summed E-state index contributed by atoms with van der Waals surface area (Å²) in [6, 6.07) is 0.714. The van der Waals surface area contributed by atoms with Gasteiger partial charge in [-0.1, -0.05) is 13.3 Å². The van der Waals surface area contributed by atoms with Crippen molar-refractivity contribution in [2.75, 3.05) is 11.9 Å². The summed E-state index contributed by atoms with van der Waals surface area (Å²) in [7, 11) is 0. The number of piperidine rings is 1. The van der Waals surface area contributed by atoms with Gasteiger partial charge in [-0.05, 0) is 50.5 Å². The summed E-state index contributed by atoms with van der Waals surface area (Å²) in [4.78, 5) is 9.18. The third-order valence-corrected chi connectivity index (χ3v) is 6.58. The molecule has 0 bridgehead atoms. The van der Waals surface area contributed by atoms with E-state index in [4.69, 9.17) is 4.99 Å². The molecule has 0 aromatic carbocycles. The van der Waals surface area contributed by atoms with E-state index in [0.717, 1.165) is 0 Å². The van der Waals surface area contributed by atoms with Crippen molar-refractivity contribution in [2.24, 2.45) is 4.99 Å². The highest BCUT2D eigenvalue weighted by Gasteiger charge is 2.35. The quantitative estimate of drug-likeness (QED) is 0.880. The number of thiophene rings is 1. The first-order chi connectivity index (χ1) is 10.4. The van der Waals surface area contributed by atoms with Crippen LogP contribution in [0.1, 0.15) is 67.6 Å². The number of aliphatic imine (C=N–C) groups is 1. The van der Waals surface area contributed by atoms with Crippen LogP contribution in [0.3, 0.4) is 0 Å². The number of hydrogen-bond donors (Lipinski definition) is 1. The van der Waals surface area contributed by atoms with Crippen LogP contribution < -0.4 is 5.32 Å². The highest BCUT2D eigenvalue weighted by atomic mass is 32.1. The van der Waals surface area contributed by atoms with Crippen LogP contribution in [0.2, 0.25) is 0 Å². The largest absolute Gasteiger partial charge is 0.338 e. The smallest absolute Gasteiger partial charge is 0.133 e. The van der Waals surface area contributed by atoms with Gasteiger partial charge in [-0.2, -0.15) is 0 Å². The van der Waals surface area contributed by atoms with E-state index < -0.39 is 0 Å². The van der Waals surface area contributed by atoms with Crippen LogP contribution in [-0.4, -0.2) is 23.8 Å². The number of hydrogen-bond acceptors (Lipinski definition) is 4. The van der Waals surface area contributed by atoms with Crippen molar-refractivity contribution < 1.29 is 0 Å². The number of rotatable bonds is 2. The molecule has 0 unspecified atom stereocenters. The summed E-state index contributed by atoms with van der Waals surface area (Å²) >= 11 is 1.99. The van der Waals surface area contributed by atoms with E-state index in [2.05, 4.69) is 17.1 Å². The highest BCUT2D eigenvalue weighted by Crippen LogP contribution is 2.46.